The molecule has 3 aromatic rings. The van der Waals surface area contributed by atoms with Crippen LogP contribution in [-0.4, -0.2) is 32.2 Å². The zero-order chi connectivity index (χ0) is 19.0. The molecule has 1 aliphatic carbocycles. The molecule has 0 saturated heterocycles. The molecule has 27 heavy (non-hydrogen) atoms. The van der Waals surface area contributed by atoms with E-state index in [9.17, 15) is 14.4 Å². The van der Waals surface area contributed by atoms with Crippen molar-refractivity contribution in [2.45, 2.75) is 6.54 Å². The Kier molecular flexibility index (Phi) is 3.82. The second kappa shape index (κ2) is 6.31. The summed E-state index contributed by atoms with van der Waals surface area (Å²) in [7, 11) is 0. The molecule has 1 heterocycles. The van der Waals surface area contributed by atoms with Gasteiger partial charge in [0, 0.05) is 27.9 Å². The third kappa shape index (κ3) is 2.77. The normalized spacial score (nSPS) is 12.1. The van der Waals surface area contributed by atoms with Gasteiger partial charge in [-0.25, -0.2) is 0 Å². The number of nitrogens with zero attached hydrogens (tertiary/aromatic N) is 4. The molecule has 1 aromatic heterocycles. The maximum Gasteiger partial charge on any atom is 0.244 e. The van der Waals surface area contributed by atoms with Crippen molar-refractivity contribution in [1.82, 2.24) is 14.8 Å². The van der Waals surface area contributed by atoms with E-state index in [1.807, 2.05) is 6.07 Å². The average molecular weight is 357 g/mol. The van der Waals surface area contributed by atoms with Gasteiger partial charge >= 0.3 is 0 Å². The zero-order valence-electron chi connectivity index (χ0n) is 13.8. The van der Waals surface area contributed by atoms with Gasteiger partial charge < -0.3 is 5.32 Å². The average Bonchev–Trinajstić information content (AvgIpc) is 3.13. The molecule has 2 aromatic carbocycles. The summed E-state index contributed by atoms with van der Waals surface area (Å²) < 4.78 is 1.30. The minimum absolute atomic E-state index is 0.0213. The topological polar surface area (TPSA) is 118 Å². The molecule has 0 spiro atoms. The quantitative estimate of drug-likeness (QED) is 0.594. The summed E-state index contributed by atoms with van der Waals surface area (Å²) in [5.41, 5.74) is 1.66. The third-order valence-corrected chi connectivity index (χ3v) is 4.24. The maximum absolute atomic E-state index is 12.7. The molecular formula is C19H11N5O3. The Bertz CT molecular complexity index is 1160. The second-order valence-electron chi connectivity index (χ2n) is 5.91. The van der Waals surface area contributed by atoms with Crippen molar-refractivity contribution < 1.29 is 14.4 Å². The third-order valence-electron chi connectivity index (χ3n) is 4.24. The number of nitrogens with one attached hydrogen (secondary N) is 1. The summed E-state index contributed by atoms with van der Waals surface area (Å²) >= 11 is 0. The van der Waals surface area contributed by atoms with Gasteiger partial charge in [-0.05, 0) is 18.2 Å². The first-order chi connectivity index (χ1) is 13.1. The highest BCUT2D eigenvalue weighted by Gasteiger charge is 2.29. The summed E-state index contributed by atoms with van der Waals surface area (Å²) in [4.78, 5) is 37.5. The Hall–Kier alpha value is -4.12. The number of hydrogen-bond donors (Lipinski definition) is 1. The van der Waals surface area contributed by atoms with Gasteiger partial charge in [-0.15, -0.1) is 10.2 Å². The number of ketones is 2. The van der Waals surface area contributed by atoms with Gasteiger partial charge in [0.05, 0.1) is 0 Å². The molecule has 0 radical (unpaired) electrons. The van der Waals surface area contributed by atoms with Crippen LogP contribution in [-0.2, 0) is 11.3 Å². The lowest BCUT2D eigenvalue weighted by Crippen LogP contribution is -2.22. The Balaban J connectivity index is 1.60. The van der Waals surface area contributed by atoms with E-state index < -0.39 is 5.91 Å². The molecule has 0 fully saturated rings. The van der Waals surface area contributed by atoms with Crippen molar-refractivity contribution >= 4 is 23.2 Å². The van der Waals surface area contributed by atoms with E-state index in [-0.39, 0.29) is 29.5 Å². The summed E-state index contributed by atoms with van der Waals surface area (Å²) in [6.45, 7) is -0.150. The van der Waals surface area contributed by atoms with E-state index >= 15 is 0 Å². The van der Waals surface area contributed by atoms with Crippen LogP contribution in [0.25, 0.3) is 0 Å². The molecule has 1 aliphatic rings. The van der Waals surface area contributed by atoms with E-state index in [0.717, 1.165) is 0 Å². The molecule has 0 bridgehead atoms. The van der Waals surface area contributed by atoms with Gasteiger partial charge in [0.25, 0.3) is 0 Å². The highest BCUT2D eigenvalue weighted by atomic mass is 16.2. The van der Waals surface area contributed by atoms with Crippen LogP contribution in [0.15, 0.2) is 48.8 Å². The van der Waals surface area contributed by atoms with Crippen LogP contribution in [0.4, 0.5) is 5.69 Å². The monoisotopic (exact) mass is 357 g/mol. The first-order valence-electron chi connectivity index (χ1n) is 7.98. The van der Waals surface area contributed by atoms with Crippen LogP contribution in [0.1, 0.15) is 37.7 Å². The van der Waals surface area contributed by atoms with Crippen molar-refractivity contribution in [1.29, 1.82) is 5.26 Å². The van der Waals surface area contributed by atoms with Crippen LogP contribution in [0.2, 0.25) is 0 Å². The number of nitriles is 1. The van der Waals surface area contributed by atoms with Crippen molar-refractivity contribution in [2.75, 3.05) is 5.32 Å². The van der Waals surface area contributed by atoms with E-state index in [2.05, 4.69) is 15.5 Å². The van der Waals surface area contributed by atoms with E-state index in [4.69, 9.17) is 5.26 Å². The van der Waals surface area contributed by atoms with Gasteiger partial charge in [-0.1, -0.05) is 24.3 Å². The Labute approximate surface area is 153 Å². The van der Waals surface area contributed by atoms with Gasteiger partial charge in [0.15, 0.2) is 11.6 Å². The number of rotatable bonds is 3. The predicted molar refractivity (Wildman–Crippen MR) is 93.1 cm³/mol. The van der Waals surface area contributed by atoms with Crippen LogP contribution in [0.5, 0.6) is 0 Å². The standard InChI is InChI=1S/C19H11N5O3/c20-8-16-23-21-10-24(16)9-17(25)22-11-5-6-14-15(7-11)19(27)13-4-2-1-3-12(13)18(14)26/h1-7,10H,9H2,(H,22,25). The van der Waals surface area contributed by atoms with Crippen molar-refractivity contribution in [3.8, 4) is 6.07 Å². The smallest absolute Gasteiger partial charge is 0.244 e. The number of benzene rings is 2. The molecule has 130 valence electrons. The number of aromatic nitrogens is 3. The van der Waals surface area contributed by atoms with Crippen LogP contribution in [0, 0.1) is 11.3 Å². The zero-order valence-corrected chi connectivity index (χ0v) is 13.8. The molecular weight excluding hydrogens is 346 g/mol. The van der Waals surface area contributed by atoms with Gasteiger partial charge in [0.2, 0.25) is 11.7 Å². The Morgan fingerprint density at radius 3 is 2.41 bits per heavy atom. The lowest BCUT2D eigenvalue weighted by Gasteiger charge is -2.18. The number of amides is 1. The number of fused-ring (bicyclic) bond motifs is 2. The molecule has 0 aliphatic heterocycles. The molecule has 0 saturated carbocycles. The SMILES string of the molecule is N#Cc1nncn1CC(=O)Nc1ccc2c(c1)C(=O)c1ccccc1C2=O. The fourth-order valence-electron chi connectivity index (χ4n) is 2.99. The van der Waals surface area contributed by atoms with E-state index in [1.54, 1.807) is 30.3 Å². The molecule has 1 amide bonds. The maximum atomic E-state index is 12.7. The largest absolute Gasteiger partial charge is 0.325 e. The molecule has 0 unspecified atom stereocenters. The Morgan fingerprint density at radius 2 is 1.70 bits per heavy atom. The van der Waals surface area contributed by atoms with Crippen molar-refractivity contribution in [3.05, 3.63) is 76.9 Å². The second-order valence-corrected chi connectivity index (χ2v) is 5.91. The first kappa shape index (κ1) is 16.4. The first-order valence-corrected chi connectivity index (χ1v) is 7.98. The highest BCUT2D eigenvalue weighted by Crippen LogP contribution is 2.29. The molecule has 4 rings (SSSR count). The van der Waals surface area contributed by atoms with Gasteiger partial charge in [-0.3, -0.25) is 19.0 Å². The number of carbonyl (C=O) groups excluding carboxylic acids is 3. The number of hydrogen-bond acceptors (Lipinski definition) is 6. The minimum Gasteiger partial charge on any atom is -0.325 e. The minimum atomic E-state index is -0.416. The van der Waals surface area contributed by atoms with Crippen molar-refractivity contribution in [2.24, 2.45) is 0 Å². The van der Waals surface area contributed by atoms with Gasteiger partial charge in [0.1, 0.15) is 18.9 Å². The predicted octanol–water partition coefficient (Wildman–Crippen LogP) is 1.56. The molecule has 1 N–H and O–H groups in total. The van der Waals surface area contributed by atoms with Crippen molar-refractivity contribution in [3.63, 3.8) is 0 Å². The van der Waals surface area contributed by atoms with E-state index in [1.165, 1.54) is 23.0 Å². The lowest BCUT2D eigenvalue weighted by atomic mass is 9.84. The summed E-state index contributed by atoms with van der Waals surface area (Å²) in [5.74, 6) is -0.877. The number of anilines is 1. The Morgan fingerprint density at radius 1 is 1.04 bits per heavy atom. The summed E-state index contributed by atoms with van der Waals surface area (Å²) in [6.07, 6.45) is 1.28. The van der Waals surface area contributed by atoms with Crippen LogP contribution in [0.3, 0.4) is 0 Å². The molecule has 0 atom stereocenters. The fraction of sp³-hybridized carbons (Fsp3) is 0.0526. The number of carbonyl (C=O) groups is 3. The van der Waals surface area contributed by atoms with E-state index in [0.29, 0.717) is 22.4 Å². The van der Waals surface area contributed by atoms with Gasteiger partial charge in [-0.2, -0.15) is 5.26 Å². The highest BCUT2D eigenvalue weighted by molar-refractivity contribution is 6.28. The van der Waals surface area contributed by atoms with Crippen LogP contribution < -0.4 is 5.32 Å². The molecule has 8 nitrogen and oxygen atoms in total. The fourth-order valence-corrected chi connectivity index (χ4v) is 2.99. The van der Waals surface area contributed by atoms with Crippen LogP contribution >= 0.6 is 0 Å². The summed E-state index contributed by atoms with van der Waals surface area (Å²) in [6, 6.07) is 13.1. The summed E-state index contributed by atoms with van der Waals surface area (Å²) in [5, 5.41) is 18.7. The lowest BCUT2D eigenvalue weighted by molar-refractivity contribution is -0.116. The molecule has 8 heteroatoms.